The molecule has 0 aliphatic rings. The minimum absolute atomic E-state index is 0. The zero-order valence-corrected chi connectivity index (χ0v) is 51.3. The molecule has 34 heteroatoms. The van der Waals surface area contributed by atoms with Gasteiger partial charge in [0, 0.05) is 48.1 Å². The Bertz CT molecular complexity index is 2410. The van der Waals surface area contributed by atoms with Crippen molar-refractivity contribution in [2.45, 2.75) is 129 Å². The van der Waals surface area contributed by atoms with Gasteiger partial charge in [-0.25, -0.2) is 24.9 Å². The van der Waals surface area contributed by atoms with Crippen LogP contribution in [0.5, 0.6) is 0 Å². The molecular formula is C42H84B2BrClN13O13P4+. The number of nitrogens with zero attached hydrogens (tertiary/aromatic N) is 5. The smallest absolute Gasteiger partial charge is 0.437 e. The Morgan fingerprint density at radius 1 is 0.658 bits per heavy atom. The number of aliphatic hydroxyl groups excluding tert-OH is 1. The summed E-state index contributed by atoms with van der Waals surface area (Å²) in [6.45, 7) is 25.9. The summed E-state index contributed by atoms with van der Waals surface area (Å²) < 4.78 is 80.1. The second kappa shape index (κ2) is 41.3. The fraction of sp³-hybridized carbons (Fsp3) is 0.643. The third kappa shape index (κ3) is 30.6. The Labute approximate surface area is 463 Å². The molecule has 0 radical (unpaired) electrons. The van der Waals surface area contributed by atoms with Gasteiger partial charge in [0.15, 0.2) is 10.3 Å². The molecule has 5 rings (SSSR count). The summed E-state index contributed by atoms with van der Waals surface area (Å²) in [5.74, 6) is -0.0281. The minimum atomic E-state index is -3.53. The van der Waals surface area contributed by atoms with Crippen LogP contribution < -0.4 is 21.8 Å². The quantitative estimate of drug-likeness (QED) is 0.0141. The molecule has 0 fully saturated rings. The Morgan fingerprint density at radius 3 is 1.42 bits per heavy atom. The summed E-state index contributed by atoms with van der Waals surface area (Å²) >= 11 is 8.72. The van der Waals surface area contributed by atoms with Crippen LogP contribution in [0.25, 0.3) is 0 Å². The van der Waals surface area contributed by atoms with E-state index in [1.54, 1.807) is 81.1 Å². The minimum Gasteiger partial charge on any atom is -0.437 e. The molecule has 0 amide bonds. The van der Waals surface area contributed by atoms with Crippen LogP contribution in [-0.2, 0) is 77.5 Å². The van der Waals surface area contributed by atoms with Crippen LogP contribution in [0, 0.1) is 34.6 Å². The number of aromatic nitrogens is 10. The van der Waals surface area contributed by atoms with Crippen molar-refractivity contribution in [3.63, 3.8) is 0 Å². The third-order valence-electron chi connectivity index (χ3n) is 9.22. The zero-order chi connectivity index (χ0) is 57.2. The van der Waals surface area contributed by atoms with Crippen molar-refractivity contribution in [2.24, 2.45) is 5.73 Å². The number of nitrogens with one attached hydrogen (secondary N) is 7. The third-order valence-corrected chi connectivity index (χ3v) is 19.7. The van der Waals surface area contributed by atoms with Crippen LogP contribution in [0.3, 0.4) is 0 Å². The number of aromatic amines is 5. The SMILES string of the molecule is C.CB(O)NCc1nc(Br)[nH]c1C.CB(O)NCc1nc[nH]c1C.CCOP(=O)(CP(=O)(OCC)c1nc(CN)c(C)[nH]1)OCC.CCO[P+](=O)CP(=O)(OCC)OCC.Cc1[nH]cnc1CCl.Cc1[nH]cnc1CO. The molecular weight excluding hydrogens is 1160 g/mol. The standard InChI is InChI=1S/C12H25N3O5P2.C7H17O5P2.C6H11BBrN3O.C6H12BN3O.C5H7ClN2.C5H8N2O.CH4/c1-5-18-21(16,9-22(17,19-6-2)20-7-3)12-14-10(4)11(8-13)15-12;1-4-10-13(8)7-14(9,11-5-2)12-6-3;1-4-5(3-9-7(2)12)11-6(8)10-4;1-5-6(9-4-8-5)3-10-7(2)11;1-4-5(2-6)8-3-7-4;1-4-5(2-8)7-3-6-4;/h5-9,13H2,1-4H3,(H,14,15);4-7H2,1-3H3;9,12H,3H2,1-2H3,(H,10,11);4,10-11H,3H2,1-2H3,(H,8,9);3H,2H2,1H3,(H,7,8);3,8H,2H2,1H3,(H,6,7);1H4/q;+1;;;;;. The van der Waals surface area contributed by atoms with Crippen LogP contribution in [0.4, 0.5) is 0 Å². The van der Waals surface area contributed by atoms with Crippen molar-refractivity contribution in [3.05, 3.63) is 80.7 Å². The van der Waals surface area contributed by atoms with E-state index in [1.807, 2.05) is 27.7 Å². The topological polar surface area (TPSA) is 378 Å². The highest BCUT2D eigenvalue weighted by atomic mass is 79.9. The van der Waals surface area contributed by atoms with Gasteiger partial charge in [-0.05, 0) is 110 Å². The summed E-state index contributed by atoms with van der Waals surface area (Å²) in [6.07, 6.45) is 4.86. The molecule has 2 unspecified atom stereocenters. The summed E-state index contributed by atoms with van der Waals surface area (Å²) in [5, 5.41) is 32.1. The van der Waals surface area contributed by atoms with E-state index in [9.17, 15) is 18.3 Å². The molecule has 76 heavy (non-hydrogen) atoms. The summed E-state index contributed by atoms with van der Waals surface area (Å²) in [6, 6.07) is 0. The molecule has 0 aliphatic heterocycles. The van der Waals surface area contributed by atoms with E-state index in [-0.39, 0.29) is 71.0 Å². The van der Waals surface area contributed by atoms with Gasteiger partial charge in [-0.15, -0.1) is 16.1 Å². The number of hydrogen-bond donors (Lipinski definition) is 11. The predicted molar refractivity (Wildman–Crippen MR) is 305 cm³/mol. The number of halogens is 2. The van der Waals surface area contributed by atoms with E-state index in [0.717, 1.165) is 50.3 Å². The highest BCUT2D eigenvalue weighted by molar-refractivity contribution is 9.10. The maximum absolute atomic E-state index is 13.2. The Kier molecular flexibility index (Phi) is 40.9. The van der Waals surface area contributed by atoms with Gasteiger partial charge in [0.1, 0.15) is 5.90 Å². The molecule has 2 atom stereocenters. The number of H-pyrrole nitrogens is 5. The van der Waals surface area contributed by atoms with E-state index in [1.165, 1.54) is 0 Å². The highest BCUT2D eigenvalue weighted by Gasteiger charge is 2.41. The number of imidazole rings is 5. The molecule has 5 heterocycles. The van der Waals surface area contributed by atoms with E-state index >= 15 is 0 Å². The molecule has 0 aromatic carbocycles. The first-order chi connectivity index (χ1) is 35.4. The Balaban J connectivity index is 0. The van der Waals surface area contributed by atoms with E-state index < -0.39 is 44.7 Å². The van der Waals surface area contributed by atoms with Gasteiger partial charge in [0.25, 0.3) is 13.3 Å². The van der Waals surface area contributed by atoms with Crippen molar-refractivity contribution in [1.82, 2.24) is 60.3 Å². The Morgan fingerprint density at radius 2 is 1.09 bits per heavy atom. The zero-order valence-electron chi connectivity index (χ0n) is 45.4. The molecule has 0 saturated heterocycles. The van der Waals surface area contributed by atoms with Crippen LogP contribution in [0.1, 0.15) is 106 Å². The summed E-state index contributed by atoms with van der Waals surface area (Å²) in [7, 11) is -13.2. The van der Waals surface area contributed by atoms with Crippen LogP contribution in [-0.4, -0.2) is 131 Å². The highest BCUT2D eigenvalue weighted by Crippen LogP contribution is 2.62. The summed E-state index contributed by atoms with van der Waals surface area (Å²) in [5.41, 5.74) is 14.6. The van der Waals surface area contributed by atoms with Crippen LogP contribution >= 0.6 is 58.1 Å². The van der Waals surface area contributed by atoms with Crippen LogP contribution in [0.15, 0.2) is 23.7 Å². The average molecular weight is 1240 g/mol. The fourth-order valence-corrected chi connectivity index (χ4v) is 14.9. The average Bonchev–Trinajstić information content (AvgIpc) is 4.19. The molecule has 5 aromatic rings. The lowest BCUT2D eigenvalue weighted by atomic mass is 9.89. The number of aliphatic hydroxyl groups is 1. The first-order valence-electron chi connectivity index (χ1n) is 23.9. The predicted octanol–water partition coefficient (Wildman–Crippen LogP) is 8.23. The maximum Gasteiger partial charge on any atom is 0.521 e. The molecule has 0 spiro atoms. The number of rotatable bonds is 26. The first-order valence-corrected chi connectivity index (χ1v) is 31.9. The lowest BCUT2D eigenvalue weighted by molar-refractivity contribution is 0.221. The second-order valence-electron chi connectivity index (χ2n) is 15.3. The van der Waals surface area contributed by atoms with Gasteiger partial charge in [0.05, 0.1) is 99.6 Å². The van der Waals surface area contributed by atoms with Crippen molar-refractivity contribution < 1.29 is 60.6 Å². The molecule has 0 saturated carbocycles. The molecule has 0 bridgehead atoms. The number of nitrogens with two attached hydrogens (primary N) is 1. The second-order valence-corrected chi connectivity index (χ2v) is 25.0. The summed E-state index contributed by atoms with van der Waals surface area (Å²) in [4.78, 5) is 34.9. The molecule has 434 valence electrons. The van der Waals surface area contributed by atoms with Gasteiger partial charge >= 0.3 is 37.3 Å². The molecule has 12 N–H and O–H groups in total. The van der Waals surface area contributed by atoms with Gasteiger partial charge in [-0.3, -0.25) is 13.7 Å². The molecule has 0 aliphatic carbocycles. The molecule has 26 nitrogen and oxygen atoms in total. The first kappa shape index (κ1) is 75.3. The number of alkyl halides is 1. The van der Waals surface area contributed by atoms with E-state index in [0.29, 0.717) is 37.0 Å². The fourth-order valence-electron chi connectivity index (χ4n) is 5.55. The van der Waals surface area contributed by atoms with Gasteiger partial charge < -0.3 is 78.9 Å². The maximum atomic E-state index is 13.2. The number of hydrogen-bond acceptors (Lipinski definition) is 21. The van der Waals surface area contributed by atoms with E-state index in [4.69, 9.17) is 59.6 Å². The monoisotopic (exact) mass is 1240 g/mol. The lowest BCUT2D eigenvalue weighted by Crippen LogP contribution is -2.30. The number of aryl methyl sites for hydroxylation is 5. The van der Waals surface area contributed by atoms with E-state index in [2.05, 4.69) is 76.2 Å². The van der Waals surface area contributed by atoms with Crippen molar-refractivity contribution in [3.8, 4) is 0 Å². The van der Waals surface area contributed by atoms with Gasteiger partial charge in [0.2, 0.25) is 0 Å². The molecule has 5 aromatic heterocycles. The Hall–Kier alpha value is -2.74. The largest absolute Gasteiger partial charge is 0.521 e. The van der Waals surface area contributed by atoms with Gasteiger partial charge in [-0.1, -0.05) is 7.43 Å². The lowest BCUT2D eigenvalue weighted by Gasteiger charge is -2.22. The van der Waals surface area contributed by atoms with Crippen molar-refractivity contribution in [2.75, 3.05) is 51.4 Å². The van der Waals surface area contributed by atoms with Crippen molar-refractivity contribution >= 4 is 77.8 Å². The van der Waals surface area contributed by atoms with Crippen LogP contribution in [0.2, 0.25) is 13.6 Å². The van der Waals surface area contributed by atoms with Crippen molar-refractivity contribution in [1.29, 1.82) is 0 Å². The van der Waals surface area contributed by atoms with Gasteiger partial charge in [-0.2, -0.15) is 0 Å². The normalized spacial score (nSPS) is 11.9.